The van der Waals surface area contributed by atoms with Crippen molar-refractivity contribution < 1.29 is 8.78 Å². The first-order valence-corrected chi connectivity index (χ1v) is 12.1. The van der Waals surface area contributed by atoms with Crippen molar-refractivity contribution in [2.45, 2.75) is 13.0 Å². The molecule has 0 unspecified atom stereocenters. The van der Waals surface area contributed by atoms with Gasteiger partial charge in [0.2, 0.25) is 11.9 Å². The van der Waals surface area contributed by atoms with E-state index < -0.39 is 5.95 Å². The average molecular weight is 498 g/mol. The Morgan fingerprint density at radius 2 is 1.84 bits per heavy atom. The summed E-state index contributed by atoms with van der Waals surface area (Å²) in [6, 6.07) is 16.2. The zero-order valence-corrected chi connectivity index (χ0v) is 20.2. The number of hydrogen-bond donors (Lipinski definition) is 3. The normalized spacial score (nSPS) is 15.8. The highest BCUT2D eigenvalue weighted by atomic mass is 19.1. The quantitative estimate of drug-likeness (QED) is 0.278. The Labute approximate surface area is 212 Å². The molecule has 3 aromatic heterocycles. The average Bonchev–Trinajstić information content (AvgIpc) is 3.32. The Morgan fingerprint density at radius 1 is 0.973 bits per heavy atom. The van der Waals surface area contributed by atoms with Crippen molar-refractivity contribution in [3.05, 3.63) is 85.0 Å². The fourth-order valence-corrected chi connectivity index (χ4v) is 4.74. The van der Waals surface area contributed by atoms with Crippen molar-refractivity contribution in [3.8, 4) is 22.4 Å². The summed E-state index contributed by atoms with van der Waals surface area (Å²) in [5.74, 6) is -0.479. The smallest absolute Gasteiger partial charge is 0.227 e. The van der Waals surface area contributed by atoms with Gasteiger partial charge in [0, 0.05) is 83.2 Å². The highest BCUT2D eigenvalue weighted by molar-refractivity contribution is 5.98. The van der Waals surface area contributed by atoms with Crippen molar-refractivity contribution in [2.75, 3.05) is 29.9 Å². The van der Waals surface area contributed by atoms with E-state index in [-0.39, 0.29) is 5.82 Å². The number of halogens is 2. The number of anilines is 3. The highest BCUT2D eigenvalue weighted by Gasteiger charge is 2.18. The van der Waals surface area contributed by atoms with Crippen LogP contribution < -0.4 is 15.5 Å². The lowest BCUT2D eigenvalue weighted by molar-refractivity contribution is 0.485. The van der Waals surface area contributed by atoms with Crippen molar-refractivity contribution in [3.63, 3.8) is 0 Å². The second-order valence-corrected chi connectivity index (χ2v) is 9.19. The van der Waals surface area contributed by atoms with Crippen LogP contribution in [0.15, 0.2) is 73.2 Å². The topological polar surface area (TPSA) is 81.8 Å². The molecule has 0 bridgehead atoms. The molecule has 5 aromatic rings. The third-order valence-corrected chi connectivity index (χ3v) is 6.58. The number of H-pyrrole nitrogens is 1. The van der Waals surface area contributed by atoms with Crippen molar-refractivity contribution >= 4 is 28.2 Å². The SMILES string of the molecule is C[C@H]1CN(c2ccc(Nc3ncc(-c4ccc(F)nc4)c(-c4c[nH]c5cc(F)ccc45)n3)cc2)CCN1. The van der Waals surface area contributed by atoms with Crippen LogP contribution in [0.1, 0.15) is 6.92 Å². The molecule has 186 valence electrons. The van der Waals surface area contributed by atoms with Crippen LogP contribution in [0.3, 0.4) is 0 Å². The van der Waals surface area contributed by atoms with Crippen molar-refractivity contribution in [1.29, 1.82) is 0 Å². The third-order valence-electron chi connectivity index (χ3n) is 6.58. The van der Waals surface area contributed by atoms with Crippen LogP contribution in [0.5, 0.6) is 0 Å². The maximum Gasteiger partial charge on any atom is 0.227 e. The molecule has 0 aliphatic carbocycles. The van der Waals surface area contributed by atoms with Gasteiger partial charge in [-0.2, -0.15) is 4.39 Å². The van der Waals surface area contributed by atoms with Crippen LogP contribution >= 0.6 is 0 Å². The molecule has 1 aliphatic rings. The molecule has 0 amide bonds. The van der Waals surface area contributed by atoms with E-state index >= 15 is 0 Å². The van der Waals surface area contributed by atoms with Gasteiger partial charge in [0.1, 0.15) is 5.82 Å². The van der Waals surface area contributed by atoms with E-state index in [0.29, 0.717) is 34.3 Å². The molecule has 1 saturated heterocycles. The Bertz CT molecular complexity index is 1550. The monoisotopic (exact) mass is 497 g/mol. The first-order chi connectivity index (χ1) is 18.0. The van der Waals surface area contributed by atoms with E-state index in [9.17, 15) is 8.78 Å². The molecule has 1 atom stereocenters. The molecule has 2 aromatic carbocycles. The fraction of sp³-hybridized carbons (Fsp3) is 0.179. The number of benzene rings is 2. The van der Waals surface area contributed by atoms with Gasteiger partial charge in [0.25, 0.3) is 0 Å². The number of aromatic nitrogens is 4. The summed E-state index contributed by atoms with van der Waals surface area (Å²) < 4.78 is 27.3. The second kappa shape index (κ2) is 9.59. The number of piperazine rings is 1. The molecular weight excluding hydrogens is 472 g/mol. The van der Waals surface area contributed by atoms with Gasteiger partial charge < -0.3 is 20.5 Å². The fourth-order valence-electron chi connectivity index (χ4n) is 4.74. The number of rotatable bonds is 5. The van der Waals surface area contributed by atoms with Crippen LogP contribution in [0.2, 0.25) is 0 Å². The number of aromatic amines is 1. The van der Waals surface area contributed by atoms with E-state index in [1.165, 1.54) is 30.1 Å². The van der Waals surface area contributed by atoms with Gasteiger partial charge in [0.15, 0.2) is 0 Å². The zero-order chi connectivity index (χ0) is 25.4. The molecule has 37 heavy (non-hydrogen) atoms. The number of fused-ring (bicyclic) bond motifs is 1. The minimum atomic E-state index is -0.564. The minimum absolute atomic E-state index is 0.326. The maximum atomic E-state index is 13.8. The van der Waals surface area contributed by atoms with Crippen molar-refractivity contribution in [2.24, 2.45) is 0 Å². The number of nitrogens with one attached hydrogen (secondary N) is 3. The van der Waals surface area contributed by atoms with Crippen molar-refractivity contribution in [1.82, 2.24) is 25.3 Å². The summed E-state index contributed by atoms with van der Waals surface area (Å²) in [5, 5.41) is 7.57. The molecule has 0 radical (unpaired) electrons. The van der Waals surface area contributed by atoms with Crippen LogP contribution in [-0.4, -0.2) is 45.6 Å². The zero-order valence-electron chi connectivity index (χ0n) is 20.2. The minimum Gasteiger partial charge on any atom is -0.369 e. The Hall–Kier alpha value is -4.37. The highest BCUT2D eigenvalue weighted by Crippen LogP contribution is 2.35. The molecule has 0 saturated carbocycles. The van der Waals surface area contributed by atoms with Gasteiger partial charge in [-0.3, -0.25) is 0 Å². The second-order valence-electron chi connectivity index (χ2n) is 9.19. The molecule has 3 N–H and O–H groups in total. The van der Waals surface area contributed by atoms with Crippen LogP contribution in [-0.2, 0) is 0 Å². The standard InChI is InChI=1S/C28H25F2N7/c1-17-16-37(11-10-31-17)21-6-4-20(5-7-21)35-28-34-14-23(18-2-9-26(30)33-13-18)27(36-28)24-15-32-25-12-19(29)3-8-22(24)25/h2-9,12-15,17,31-32H,10-11,16H2,1H3,(H,34,35,36)/t17-/m0/s1. The summed E-state index contributed by atoms with van der Waals surface area (Å²) in [7, 11) is 0. The molecule has 6 rings (SSSR count). The lowest BCUT2D eigenvalue weighted by atomic mass is 10.0. The van der Waals surface area contributed by atoms with Gasteiger partial charge in [0.05, 0.1) is 5.69 Å². The van der Waals surface area contributed by atoms with Gasteiger partial charge in [-0.05, 0) is 61.5 Å². The number of hydrogen-bond acceptors (Lipinski definition) is 6. The van der Waals surface area contributed by atoms with E-state index in [4.69, 9.17) is 4.98 Å². The predicted octanol–water partition coefficient (Wildman–Crippen LogP) is 5.51. The number of nitrogens with zero attached hydrogens (tertiary/aromatic N) is 4. The van der Waals surface area contributed by atoms with E-state index in [1.807, 2.05) is 12.1 Å². The Balaban J connectivity index is 1.35. The first kappa shape index (κ1) is 23.1. The van der Waals surface area contributed by atoms with Crippen LogP contribution in [0.25, 0.3) is 33.3 Å². The summed E-state index contributed by atoms with van der Waals surface area (Å²) in [6.45, 7) is 5.09. The molecule has 0 spiro atoms. The van der Waals surface area contributed by atoms with Gasteiger partial charge >= 0.3 is 0 Å². The molecule has 9 heteroatoms. The van der Waals surface area contributed by atoms with Gasteiger partial charge in [-0.25, -0.2) is 19.3 Å². The van der Waals surface area contributed by atoms with Crippen LogP contribution in [0, 0.1) is 11.8 Å². The first-order valence-electron chi connectivity index (χ1n) is 12.1. The molecule has 4 heterocycles. The molecular formula is C28H25F2N7. The maximum absolute atomic E-state index is 13.8. The summed E-state index contributed by atoms with van der Waals surface area (Å²) in [5.41, 5.74) is 5.45. The lowest BCUT2D eigenvalue weighted by Gasteiger charge is -2.33. The summed E-state index contributed by atoms with van der Waals surface area (Å²) >= 11 is 0. The van der Waals surface area contributed by atoms with Gasteiger partial charge in [-0.1, -0.05) is 0 Å². The van der Waals surface area contributed by atoms with E-state index in [1.54, 1.807) is 24.5 Å². The summed E-state index contributed by atoms with van der Waals surface area (Å²) in [4.78, 5) is 18.6. The molecule has 1 aliphatic heterocycles. The largest absolute Gasteiger partial charge is 0.369 e. The third kappa shape index (κ3) is 4.73. The van der Waals surface area contributed by atoms with Crippen LogP contribution in [0.4, 0.5) is 26.1 Å². The summed E-state index contributed by atoms with van der Waals surface area (Å²) in [6.07, 6.45) is 4.94. The van der Waals surface area contributed by atoms with E-state index in [2.05, 4.69) is 49.5 Å². The molecule has 7 nitrogen and oxygen atoms in total. The number of pyridine rings is 1. The Kier molecular flexibility index (Phi) is 5.97. The lowest BCUT2D eigenvalue weighted by Crippen LogP contribution is -2.49. The molecule has 1 fully saturated rings. The Morgan fingerprint density at radius 3 is 2.62 bits per heavy atom. The predicted molar refractivity (Wildman–Crippen MR) is 142 cm³/mol. The van der Waals surface area contributed by atoms with Gasteiger partial charge in [-0.15, -0.1) is 0 Å². The van der Waals surface area contributed by atoms with E-state index in [0.717, 1.165) is 36.3 Å².